The van der Waals surface area contributed by atoms with Gasteiger partial charge in [-0.3, -0.25) is 9.89 Å². The molecule has 2 heterocycles. The highest BCUT2D eigenvalue weighted by Crippen LogP contribution is 2.16. The van der Waals surface area contributed by atoms with Gasteiger partial charge in [0.05, 0.1) is 18.2 Å². The van der Waals surface area contributed by atoms with E-state index in [0.29, 0.717) is 6.54 Å². The van der Waals surface area contributed by atoms with E-state index in [1.807, 2.05) is 13.8 Å². The molecule has 1 saturated heterocycles. The minimum Gasteiger partial charge on any atom is -0.383 e. The minimum absolute atomic E-state index is 0.119. The summed E-state index contributed by atoms with van der Waals surface area (Å²) in [6.07, 6.45) is 1.78. The van der Waals surface area contributed by atoms with Crippen LogP contribution in [0.4, 0.5) is 0 Å². The summed E-state index contributed by atoms with van der Waals surface area (Å²) in [5.74, 6) is 0.294. The summed E-state index contributed by atoms with van der Waals surface area (Å²) in [5.41, 5.74) is 3.32. The number of carbonyl (C=O) groups is 1. The van der Waals surface area contributed by atoms with Gasteiger partial charge in [0.1, 0.15) is 0 Å². The summed E-state index contributed by atoms with van der Waals surface area (Å²) in [6.45, 7) is 8.16. The first-order valence-corrected chi connectivity index (χ1v) is 7.61. The molecule has 6 heteroatoms. The standard InChI is InChI=1S/C15H26N4O2/c1-11-14(12(2)18-17-11)4-6-16-15(20)13-5-7-19(10-13)8-9-21-3/h13H,4-10H2,1-3H3,(H,16,20)(H,17,18)/t13-/m0/s1. The van der Waals surface area contributed by atoms with Crippen molar-refractivity contribution in [2.75, 3.05) is 39.9 Å². The van der Waals surface area contributed by atoms with Crippen molar-refractivity contribution in [1.82, 2.24) is 20.4 Å². The van der Waals surface area contributed by atoms with Crippen molar-refractivity contribution in [2.24, 2.45) is 5.92 Å². The van der Waals surface area contributed by atoms with Crippen molar-refractivity contribution in [3.8, 4) is 0 Å². The Kier molecular flexibility index (Phi) is 5.76. The number of ether oxygens (including phenoxy) is 1. The largest absolute Gasteiger partial charge is 0.383 e. The van der Waals surface area contributed by atoms with Crippen LogP contribution in [0.2, 0.25) is 0 Å². The molecule has 1 aromatic heterocycles. The Labute approximate surface area is 126 Å². The van der Waals surface area contributed by atoms with Crippen molar-refractivity contribution in [1.29, 1.82) is 0 Å². The molecule has 1 aromatic rings. The number of aromatic amines is 1. The summed E-state index contributed by atoms with van der Waals surface area (Å²) >= 11 is 0. The summed E-state index contributed by atoms with van der Waals surface area (Å²) < 4.78 is 5.08. The molecule has 1 atom stereocenters. The zero-order chi connectivity index (χ0) is 15.2. The summed E-state index contributed by atoms with van der Waals surface area (Å²) in [6, 6.07) is 0. The Morgan fingerprint density at radius 3 is 3.00 bits per heavy atom. The van der Waals surface area contributed by atoms with Gasteiger partial charge >= 0.3 is 0 Å². The van der Waals surface area contributed by atoms with Crippen molar-refractivity contribution in [2.45, 2.75) is 26.7 Å². The Balaban J connectivity index is 1.71. The van der Waals surface area contributed by atoms with Crippen LogP contribution in [0.3, 0.4) is 0 Å². The lowest BCUT2D eigenvalue weighted by atomic mass is 10.1. The average Bonchev–Trinajstić information content (AvgIpc) is 3.06. The molecule has 1 aliphatic heterocycles. The fraction of sp³-hybridized carbons (Fsp3) is 0.733. The molecule has 0 bridgehead atoms. The number of nitrogens with one attached hydrogen (secondary N) is 2. The molecule has 21 heavy (non-hydrogen) atoms. The monoisotopic (exact) mass is 294 g/mol. The molecule has 0 saturated carbocycles. The van der Waals surface area contributed by atoms with E-state index < -0.39 is 0 Å². The highest BCUT2D eigenvalue weighted by molar-refractivity contribution is 5.79. The second-order valence-corrected chi connectivity index (χ2v) is 5.73. The number of carbonyl (C=O) groups excluding carboxylic acids is 1. The van der Waals surface area contributed by atoms with Crippen LogP contribution in [-0.4, -0.2) is 60.9 Å². The third-order valence-electron chi connectivity index (χ3n) is 4.21. The predicted molar refractivity (Wildman–Crippen MR) is 81.2 cm³/mol. The van der Waals surface area contributed by atoms with E-state index in [0.717, 1.165) is 50.5 Å². The van der Waals surface area contributed by atoms with Crippen LogP contribution in [0.5, 0.6) is 0 Å². The lowest BCUT2D eigenvalue weighted by molar-refractivity contribution is -0.124. The zero-order valence-electron chi connectivity index (χ0n) is 13.2. The lowest BCUT2D eigenvalue weighted by Crippen LogP contribution is -2.34. The van der Waals surface area contributed by atoms with E-state index >= 15 is 0 Å². The molecule has 1 amide bonds. The van der Waals surface area contributed by atoms with Crippen LogP contribution in [0.1, 0.15) is 23.4 Å². The maximum absolute atomic E-state index is 12.2. The molecule has 6 nitrogen and oxygen atoms in total. The topological polar surface area (TPSA) is 70.2 Å². The van der Waals surface area contributed by atoms with Crippen molar-refractivity contribution in [3.63, 3.8) is 0 Å². The second-order valence-electron chi connectivity index (χ2n) is 5.73. The molecule has 0 aromatic carbocycles. The minimum atomic E-state index is 0.119. The summed E-state index contributed by atoms with van der Waals surface area (Å²) in [4.78, 5) is 14.5. The maximum Gasteiger partial charge on any atom is 0.224 e. The number of likely N-dealkylation sites (tertiary alicyclic amines) is 1. The van der Waals surface area contributed by atoms with Crippen LogP contribution in [0, 0.1) is 19.8 Å². The van der Waals surface area contributed by atoms with Crippen molar-refractivity contribution < 1.29 is 9.53 Å². The van der Waals surface area contributed by atoms with Gasteiger partial charge in [-0.25, -0.2) is 0 Å². The van der Waals surface area contributed by atoms with Crippen LogP contribution >= 0.6 is 0 Å². The van der Waals surface area contributed by atoms with Gasteiger partial charge in [0.2, 0.25) is 5.91 Å². The van der Waals surface area contributed by atoms with E-state index in [-0.39, 0.29) is 11.8 Å². The van der Waals surface area contributed by atoms with E-state index in [1.165, 1.54) is 5.56 Å². The van der Waals surface area contributed by atoms with Crippen LogP contribution < -0.4 is 5.32 Å². The average molecular weight is 294 g/mol. The van der Waals surface area contributed by atoms with Crippen LogP contribution in [0.15, 0.2) is 0 Å². The fourth-order valence-corrected chi connectivity index (χ4v) is 2.87. The van der Waals surface area contributed by atoms with Gasteiger partial charge in [0.25, 0.3) is 0 Å². The molecule has 118 valence electrons. The Hall–Kier alpha value is -1.40. The first kappa shape index (κ1) is 16.0. The molecule has 0 unspecified atom stereocenters. The summed E-state index contributed by atoms with van der Waals surface area (Å²) in [5, 5.41) is 10.2. The predicted octanol–water partition coefficient (Wildman–Crippen LogP) is 0.654. The SMILES string of the molecule is COCCN1CC[C@H](C(=O)NCCc2c(C)n[nH]c2C)C1. The number of rotatable bonds is 7. The van der Waals surface area contributed by atoms with E-state index in [1.54, 1.807) is 7.11 Å². The molecule has 1 aliphatic rings. The number of amides is 1. The third kappa shape index (κ3) is 4.28. The molecule has 1 fully saturated rings. The molecular weight excluding hydrogens is 268 g/mol. The van der Waals surface area contributed by atoms with Gasteiger partial charge in [0, 0.05) is 32.4 Å². The molecular formula is C15H26N4O2. The Bertz CT molecular complexity index is 453. The van der Waals surface area contributed by atoms with Gasteiger partial charge < -0.3 is 15.0 Å². The number of nitrogens with zero attached hydrogens (tertiary/aromatic N) is 2. The highest BCUT2D eigenvalue weighted by atomic mass is 16.5. The number of H-pyrrole nitrogens is 1. The second kappa shape index (κ2) is 7.56. The Morgan fingerprint density at radius 1 is 1.52 bits per heavy atom. The normalized spacial score (nSPS) is 19.1. The van der Waals surface area contributed by atoms with Gasteiger partial charge in [-0.2, -0.15) is 5.10 Å². The fourth-order valence-electron chi connectivity index (χ4n) is 2.87. The van der Waals surface area contributed by atoms with Gasteiger partial charge in [0.15, 0.2) is 0 Å². The lowest BCUT2D eigenvalue weighted by Gasteiger charge is -2.15. The quantitative estimate of drug-likeness (QED) is 0.775. The number of hydrogen-bond acceptors (Lipinski definition) is 4. The maximum atomic E-state index is 12.2. The van der Waals surface area contributed by atoms with Crippen molar-refractivity contribution >= 4 is 5.91 Å². The molecule has 2 rings (SSSR count). The number of aromatic nitrogens is 2. The third-order valence-corrected chi connectivity index (χ3v) is 4.21. The van der Waals surface area contributed by atoms with Gasteiger partial charge in [-0.1, -0.05) is 0 Å². The first-order valence-electron chi connectivity index (χ1n) is 7.61. The molecule has 0 aliphatic carbocycles. The van der Waals surface area contributed by atoms with Crippen LogP contribution in [-0.2, 0) is 16.0 Å². The van der Waals surface area contributed by atoms with Crippen LogP contribution in [0.25, 0.3) is 0 Å². The number of aryl methyl sites for hydroxylation is 2. The molecule has 0 spiro atoms. The number of methoxy groups -OCH3 is 1. The molecule has 2 N–H and O–H groups in total. The zero-order valence-corrected chi connectivity index (χ0v) is 13.2. The van der Waals surface area contributed by atoms with Crippen molar-refractivity contribution in [3.05, 3.63) is 17.0 Å². The first-order chi connectivity index (χ1) is 10.1. The van der Waals surface area contributed by atoms with E-state index in [4.69, 9.17) is 4.74 Å². The van der Waals surface area contributed by atoms with E-state index in [9.17, 15) is 4.79 Å². The van der Waals surface area contributed by atoms with Gasteiger partial charge in [-0.05, 0) is 38.8 Å². The van der Waals surface area contributed by atoms with E-state index in [2.05, 4.69) is 20.4 Å². The highest BCUT2D eigenvalue weighted by Gasteiger charge is 2.27. The molecule has 0 radical (unpaired) electrons. The number of hydrogen-bond donors (Lipinski definition) is 2. The summed E-state index contributed by atoms with van der Waals surface area (Å²) in [7, 11) is 1.71. The smallest absolute Gasteiger partial charge is 0.224 e. The Morgan fingerprint density at radius 2 is 2.33 bits per heavy atom. The van der Waals surface area contributed by atoms with Gasteiger partial charge in [-0.15, -0.1) is 0 Å².